The first kappa shape index (κ1) is 22.7. The van der Waals surface area contributed by atoms with Gasteiger partial charge in [0, 0.05) is 45.4 Å². The summed E-state index contributed by atoms with van der Waals surface area (Å²) in [6.45, 7) is 4.66. The van der Waals surface area contributed by atoms with Crippen molar-refractivity contribution in [3.05, 3.63) is 88.7 Å². The van der Waals surface area contributed by atoms with Crippen LogP contribution in [0.15, 0.2) is 66.9 Å². The van der Waals surface area contributed by atoms with Crippen molar-refractivity contribution in [1.82, 2.24) is 14.8 Å². The molecule has 5 rings (SSSR count). The summed E-state index contributed by atoms with van der Waals surface area (Å²) in [5, 5.41) is 29.0. The molecule has 0 aliphatic rings. The molecule has 2 heterocycles. The number of benzene rings is 3. The fourth-order valence-electron chi connectivity index (χ4n) is 4.80. The Morgan fingerprint density at radius 1 is 1.17 bits per heavy atom. The van der Waals surface area contributed by atoms with Crippen LogP contribution in [0.25, 0.3) is 32.9 Å². The third kappa shape index (κ3) is 3.94. The van der Waals surface area contributed by atoms with Crippen molar-refractivity contribution in [2.75, 3.05) is 0 Å². The topological polar surface area (TPSA) is 94.7 Å². The minimum Gasteiger partial charge on any atom is -0.478 e. The van der Waals surface area contributed by atoms with Gasteiger partial charge in [0.1, 0.15) is 0 Å². The Labute approximate surface area is 207 Å². The molecule has 35 heavy (non-hydrogen) atoms. The number of nitrogens with zero attached hydrogens (tertiary/aromatic N) is 3. The Morgan fingerprint density at radius 2 is 1.91 bits per heavy atom. The molecule has 0 unspecified atom stereocenters. The van der Waals surface area contributed by atoms with E-state index in [2.05, 4.69) is 46.8 Å². The summed E-state index contributed by atoms with van der Waals surface area (Å²) in [5.41, 5.74) is 5.46. The molecule has 0 bridgehead atoms. The smallest absolute Gasteiger partial charge is 0.335 e. The fraction of sp³-hybridized carbons (Fsp3) is 0.179. The van der Waals surface area contributed by atoms with Crippen molar-refractivity contribution >= 4 is 39.4 Å². The predicted octanol–water partition coefficient (Wildman–Crippen LogP) is 6.78. The van der Waals surface area contributed by atoms with Gasteiger partial charge in [0.15, 0.2) is 0 Å². The number of aromatic carboxylic acids is 1. The number of aromatic amines is 1. The largest absolute Gasteiger partial charge is 0.478 e. The van der Waals surface area contributed by atoms with Gasteiger partial charge in [-0.3, -0.25) is 5.10 Å². The molecular formula is C28H23ClN4O2. The van der Waals surface area contributed by atoms with E-state index in [1.54, 1.807) is 18.3 Å². The summed E-state index contributed by atoms with van der Waals surface area (Å²) >= 11 is 6.57. The first-order valence-corrected chi connectivity index (χ1v) is 11.6. The first-order valence-electron chi connectivity index (χ1n) is 11.2. The summed E-state index contributed by atoms with van der Waals surface area (Å²) in [7, 11) is 0. The molecule has 5 aromatic rings. The normalized spacial score (nSPS) is 11.7. The van der Waals surface area contributed by atoms with Gasteiger partial charge in [-0.15, -0.1) is 0 Å². The molecule has 0 atom stereocenters. The standard InChI is InChI=1S/C28H23ClN4O2/c1-28(2,11-12-30)26-25(17-7-9-18(10-8-17)27(34)35)21-14-23-20(15-31-32-23)13-24(21)33(26)16-19-5-3-4-6-22(19)29/h3-10,13-15H,11,16H2,1-2H3,(H,31,32)(H,34,35). The Kier molecular flexibility index (Phi) is 5.58. The van der Waals surface area contributed by atoms with E-state index in [4.69, 9.17) is 11.6 Å². The van der Waals surface area contributed by atoms with Gasteiger partial charge in [-0.25, -0.2) is 4.79 Å². The monoisotopic (exact) mass is 482 g/mol. The van der Waals surface area contributed by atoms with Crippen LogP contribution in [0.1, 0.15) is 41.9 Å². The van der Waals surface area contributed by atoms with Crippen molar-refractivity contribution < 1.29 is 9.90 Å². The Balaban J connectivity index is 1.88. The molecule has 0 fully saturated rings. The van der Waals surface area contributed by atoms with E-state index in [-0.39, 0.29) is 5.56 Å². The minimum atomic E-state index is -0.970. The van der Waals surface area contributed by atoms with E-state index in [1.165, 1.54) is 0 Å². The van der Waals surface area contributed by atoms with Crippen molar-refractivity contribution in [3.8, 4) is 17.2 Å². The second-order valence-electron chi connectivity index (χ2n) is 9.33. The number of H-pyrrole nitrogens is 1. The van der Waals surface area contributed by atoms with Crippen LogP contribution in [0.4, 0.5) is 0 Å². The van der Waals surface area contributed by atoms with Crippen LogP contribution >= 0.6 is 11.6 Å². The van der Waals surface area contributed by atoms with Crippen molar-refractivity contribution in [2.24, 2.45) is 0 Å². The summed E-state index contributed by atoms with van der Waals surface area (Å²) in [6, 6.07) is 21.2. The number of hydrogen-bond donors (Lipinski definition) is 2. The zero-order chi connectivity index (χ0) is 24.7. The zero-order valence-corrected chi connectivity index (χ0v) is 20.1. The summed E-state index contributed by atoms with van der Waals surface area (Å²) in [5.74, 6) is -0.970. The predicted molar refractivity (Wildman–Crippen MR) is 138 cm³/mol. The SMILES string of the molecule is CC(C)(CC#N)c1c(-c2ccc(C(=O)O)cc2)c2cc3[nH]ncc3cc2n1Cc1ccccc1Cl. The maximum absolute atomic E-state index is 11.5. The van der Waals surface area contributed by atoms with E-state index in [9.17, 15) is 15.2 Å². The number of halogens is 1. The average molecular weight is 483 g/mol. The molecular weight excluding hydrogens is 460 g/mol. The third-order valence-corrected chi connectivity index (χ3v) is 6.86. The number of fused-ring (bicyclic) bond motifs is 2. The molecule has 3 aromatic carbocycles. The van der Waals surface area contributed by atoms with Gasteiger partial charge in [0.05, 0.1) is 28.9 Å². The lowest BCUT2D eigenvalue weighted by molar-refractivity contribution is 0.0697. The lowest BCUT2D eigenvalue weighted by atomic mass is 9.81. The number of carbonyl (C=O) groups is 1. The highest BCUT2D eigenvalue weighted by molar-refractivity contribution is 6.31. The van der Waals surface area contributed by atoms with E-state index in [0.29, 0.717) is 18.0 Å². The Bertz CT molecular complexity index is 1620. The molecule has 174 valence electrons. The van der Waals surface area contributed by atoms with E-state index < -0.39 is 11.4 Å². The lowest BCUT2D eigenvalue weighted by Gasteiger charge is -2.27. The number of carboxylic acids is 1. The highest BCUT2D eigenvalue weighted by atomic mass is 35.5. The maximum atomic E-state index is 11.5. The third-order valence-electron chi connectivity index (χ3n) is 6.49. The summed E-state index contributed by atoms with van der Waals surface area (Å²) in [4.78, 5) is 11.5. The Morgan fingerprint density at radius 3 is 2.60 bits per heavy atom. The van der Waals surface area contributed by atoms with Crippen LogP contribution in [0.2, 0.25) is 5.02 Å². The van der Waals surface area contributed by atoms with Crippen LogP contribution in [-0.4, -0.2) is 25.8 Å². The fourth-order valence-corrected chi connectivity index (χ4v) is 5.00. The number of carboxylic acid groups (broad SMARTS) is 1. The summed E-state index contributed by atoms with van der Waals surface area (Å²) < 4.78 is 2.24. The second kappa shape index (κ2) is 8.61. The molecule has 0 aliphatic carbocycles. The highest BCUT2D eigenvalue weighted by Gasteiger charge is 2.31. The molecule has 0 spiro atoms. The van der Waals surface area contributed by atoms with Gasteiger partial charge in [0.25, 0.3) is 0 Å². The summed E-state index contributed by atoms with van der Waals surface area (Å²) in [6.07, 6.45) is 2.11. The van der Waals surface area contributed by atoms with Gasteiger partial charge in [0.2, 0.25) is 0 Å². The quantitative estimate of drug-likeness (QED) is 0.279. The van der Waals surface area contributed by atoms with E-state index in [0.717, 1.165) is 44.2 Å². The van der Waals surface area contributed by atoms with Gasteiger partial charge >= 0.3 is 5.97 Å². The van der Waals surface area contributed by atoms with Gasteiger partial charge in [-0.2, -0.15) is 10.4 Å². The second-order valence-corrected chi connectivity index (χ2v) is 9.74. The molecule has 0 aliphatic heterocycles. The number of nitriles is 1. The number of hydrogen-bond acceptors (Lipinski definition) is 3. The molecule has 0 saturated carbocycles. The zero-order valence-electron chi connectivity index (χ0n) is 19.3. The molecule has 2 N–H and O–H groups in total. The van der Waals surface area contributed by atoms with E-state index >= 15 is 0 Å². The molecule has 6 nitrogen and oxygen atoms in total. The van der Waals surface area contributed by atoms with Gasteiger partial charge < -0.3 is 9.67 Å². The van der Waals surface area contributed by atoms with Crippen LogP contribution in [0.5, 0.6) is 0 Å². The molecule has 0 saturated heterocycles. The number of aromatic nitrogens is 3. The number of rotatable bonds is 6. The van der Waals surface area contributed by atoms with Gasteiger partial charge in [-0.05, 0) is 41.5 Å². The first-order chi connectivity index (χ1) is 16.8. The molecule has 0 amide bonds. The van der Waals surface area contributed by atoms with Crippen LogP contribution < -0.4 is 0 Å². The molecule has 2 aromatic heterocycles. The van der Waals surface area contributed by atoms with Crippen LogP contribution in [0, 0.1) is 11.3 Å². The number of nitrogens with one attached hydrogen (secondary N) is 1. The lowest BCUT2D eigenvalue weighted by Crippen LogP contribution is -2.22. The van der Waals surface area contributed by atoms with Crippen LogP contribution in [-0.2, 0) is 12.0 Å². The van der Waals surface area contributed by atoms with Crippen molar-refractivity contribution in [2.45, 2.75) is 32.2 Å². The molecule has 0 radical (unpaired) electrons. The molecule has 7 heteroatoms. The minimum absolute atomic E-state index is 0.224. The van der Waals surface area contributed by atoms with Crippen molar-refractivity contribution in [3.63, 3.8) is 0 Å². The highest BCUT2D eigenvalue weighted by Crippen LogP contribution is 2.44. The van der Waals surface area contributed by atoms with E-state index in [1.807, 2.05) is 36.4 Å². The maximum Gasteiger partial charge on any atom is 0.335 e. The van der Waals surface area contributed by atoms with Crippen LogP contribution in [0.3, 0.4) is 0 Å². The average Bonchev–Trinajstić information content (AvgIpc) is 3.41. The van der Waals surface area contributed by atoms with Crippen molar-refractivity contribution in [1.29, 1.82) is 5.26 Å². The van der Waals surface area contributed by atoms with Gasteiger partial charge in [-0.1, -0.05) is 55.8 Å². The Hall–Kier alpha value is -4.08.